The molecule has 0 atom stereocenters. The van der Waals surface area contributed by atoms with Crippen molar-refractivity contribution in [3.8, 4) is 0 Å². The standard InChI is InChI=1S/C11H11ClN4O2S/c1-16-11(14-9(17)10(18)15-16)19-5-6-2-3-7(12)8(13)4-6/h2-4H,5,13H2,1H3,(H,15,18). The van der Waals surface area contributed by atoms with Crippen LogP contribution in [0.3, 0.4) is 0 Å². The van der Waals surface area contributed by atoms with Crippen molar-refractivity contribution in [1.82, 2.24) is 14.8 Å². The topological polar surface area (TPSA) is 93.8 Å². The summed E-state index contributed by atoms with van der Waals surface area (Å²) in [6, 6.07) is 5.32. The molecule has 1 aromatic carbocycles. The third-order valence-electron chi connectivity index (χ3n) is 2.38. The van der Waals surface area contributed by atoms with Crippen molar-refractivity contribution in [2.45, 2.75) is 10.9 Å². The van der Waals surface area contributed by atoms with Crippen LogP contribution in [-0.2, 0) is 12.8 Å². The molecule has 19 heavy (non-hydrogen) atoms. The first-order valence-electron chi connectivity index (χ1n) is 5.31. The van der Waals surface area contributed by atoms with Gasteiger partial charge >= 0.3 is 11.1 Å². The Bertz CT molecular complexity index is 725. The second kappa shape index (κ2) is 5.50. The molecule has 1 heterocycles. The van der Waals surface area contributed by atoms with Crippen molar-refractivity contribution in [2.24, 2.45) is 7.05 Å². The van der Waals surface area contributed by atoms with E-state index in [1.807, 2.05) is 6.07 Å². The predicted octanol–water partition coefficient (Wildman–Crippen LogP) is 0.996. The fourth-order valence-electron chi connectivity index (χ4n) is 1.42. The third-order valence-corrected chi connectivity index (χ3v) is 3.82. The molecule has 8 heteroatoms. The first kappa shape index (κ1) is 13.7. The van der Waals surface area contributed by atoms with Crippen LogP contribution in [0.15, 0.2) is 32.9 Å². The maximum atomic E-state index is 11.2. The van der Waals surface area contributed by atoms with E-state index in [4.69, 9.17) is 17.3 Å². The number of nitrogens with two attached hydrogens (primary N) is 1. The number of aromatic nitrogens is 3. The van der Waals surface area contributed by atoms with E-state index in [-0.39, 0.29) is 0 Å². The van der Waals surface area contributed by atoms with Crippen molar-refractivity contribution in [3.63, 3.8) is 0 Å². The van der Waals surface area contributed by atoms with Gasteiger partial charge < -0.3 is 5.73 Å². The summed E-state index contributed by atoms with van der Waals surface area (Å²) >= 11 is 7.15. The van der Waals surface area contributed by atoms with Crippen LogP contribution in [0.5, 0.6) is 0 Å². The molecule has 1 aromatic heterocycles. The van der Waals surface area contributed by atoms with Crippen LogP contribution in [0.25, 0.3) is 0 Å². The van der Waals surface area contributed by atoms with Crippen LogP contribution in [0.2, 0.25) is 5.02 Å². The first-order valence-corrected chi connectivity index (χ1v) is 6.68. The Morgan fingerprint density at radius 3 is 2.89 bits per heavy atom. The Balaban J connectivity index is 2.19. The molecule has 0 fully saturated rings. The Hall–Kier alpha value is -1.73. The molecule has 3 N–H and O–H groups in total. The van der Waals surface area contributed by atoms with Gasteiger partial charge in [0.25, 0.3) is 0 Å². The molecule has 2 aromatic rings. The highest BCUT2D eigenvalue weighted by Gasteiger charge is 2.06. The average molecular weight is 299 g/mol. The molecule has 0 aliphatic carbocycles. The number of benzene rings is 1. The van der Waals surface area contributed by atoms with E-state index in [2.05, 4.69) is 10.1 Å². The lowest BCUT2D eigenvalue weighted by atomic mass is 10.2. The quantitative estimate of drug-likeness (QED) is 0.501. The van der Waals surface area contributed by atoms with Gasteiger partial charge in [-0.2, -0.15) is 4.98 Å². The lowest BCUT2D eigenvalue weighted by Gasteiger charge is -2.06. The van der Waals surface area contributed by atoms with Gasteiger partial charge in [0.2, 0.25) is 0 Å². The van der Waals surface area contributed by atoms with E-state index >= 15 is 0 Å². The highest BCUT2D eigenvalue weighted by molar-refractivity contribution is 7.98. The molecule has 0 radical (unpaired) electrons. The van der Waals surface area contributed by atoms with Gasteiger partial charge in [-0.3, -0.25) is 19.4 Å². The number of aryl methyl sites for hydroxylation is 1. The highest BCUT2D eigenvalue weighted by Crippen LogP contribution is 2.24. The van der Waals surface area contributed by atoms with E-state index in [0.29, 0.717) is 21.6 Å². The molecular formula is C11H11ClN4O2S. The number of hydrogen-bond acceptors (Lipinski definition) is 5. The lowest BCUT2D eigenvalue weighted by molar-refractivity contribution is 0.596. The number of nitrogens with one attached hydrogen (secondary N) is 1. The zero-order valence-electron chi connectivity index (χ0n) is 10.0. The molecule has 100 valence electrons. The minimum atomic E-state index is -0.795. The number of nitrogen functional groups attached to an aromatic ring is 1. The molecule has 0 amide bonds. The molecule has 0 aliphatic rings. The van der Waals surface area contributed by atoms with Gasteiger partial charge in [-0.15, -0.1) is 0 Å². The van der Waals surface area contributed by atoms with E-state index in [0.717, 1.165) is 5.56 Å². The van der Waals surface area contributed by atoms with E-state index in [1.165, 1.54) is 16.4 Å². The number of anilines is 1. The number of hydrogen-bond donors (Lipinski definition) is 2. The zero-order valence-corrected chi connectivity index (χ0v) is 11.6. The summed E-state index contributed by atoms with van der Waals surface area (Å²) < 4.78 is 1.41. The smallest absolute Gasteiger partial charge is 0.339 e. The van der Waals surface area contributed by atoms with Crippen LogP contribution < -0.4 is 16.9 Å². The average Bonchev–Trinajstić information content (AvgIpc) is 2.36. The number of rotatable bonds is 3. The van der Waals surface area contributed by atoms with Crippen molar-refractivity contribution >= 4 is 29.1 Å². The molecule has 0 spiro atoms. The molecule has 0 saturated carbocycles. The normalized spacial score (nSPS) is 10.6. The SMILES string of the molecule is Cn1[nH]c(=O)c(=O)nc1SCc1ccc(Cl)c(N)c1. The van der Waals surface area contributed by atoms with E-state index in [9.17, 15) is 9.59 Å². The van der Waals surface area contributed by atoms with Crippen LogP contribution in [0.4, 0.5) is 5.69 Å². The van der Waals surface area contributed by atoms with Gasteiger partial charge in [-0.1, -0.05) is 29.4 Å². The van der Waals surface area contributed by atoms with Gasteiger partial charge in [-0.25, -0.2) is 0 Å². The largest absolute Gasteiger partial charge is 0.398 e. The lowest BCUT2D eigenvalue weighted by Crippen LogP contribution is -2.33. The van der Waals surface area contributed by atoms with Crippen LogP contribution in [-0.4, -0.2) is 14.8 Å². The zero-order chi connectivity index (χ0) is 14.0. The highest BCUT2D eigenvalue weighted by atomic mass is 35.5. The van der Waals surface area contributed by atoms with Crippen LogP contribution in [0.1, 0.15) is 5.56 Å². The first-order chi connectivity index (χ1) is 8.97. The summed E-state index contributed by atoms with van der Waals surface area (Å²) in [4.78, 5) is 25.9. The van der Waals surface area contributed by atoms with Gasteiger partial charge in [0.05, 0.1) is 10.7 Å². The van der Waals surface area contributed by atoms with Gasteiger partial charge in [0.1, 0.15) is 0 Å². The molecule has 0 saturated heterocycles. The molecule has 0 aliphatic heterocycles. The third kappa shape index (κ3) is 3.18. The van der Waals surface area contributed by atoms with Crippen molar-refractivity contribution in [1.29, 1.82) is 0 Å². The number of aromatic amines is 1. The second-order valence-electron chi connectivity index (χ2n) is 3.84. The predicted molar refractivity (Wildman–Crippen MR) is 75.5 cm³/mol. The van der Waals surface area contributed by atoms with Crippen molar-refractivity contribution in [2.75, 3.05) is 5.73 Å². The molecule has 0 unspecified atom stereocenters. The van der Waals surface area contributed by atoms with Crippen molar-refractivity contribution < 1.29 is 0 Å². The number of halogens is 1. The molecular weight excluding hydrogens is 288 g/mol. The fourth-order valence-corrected chi connectivity index (χ4v) is 2.40. The number of H-pyrrole nitrogens is 1. The Labute approximate surface area is 117 Å². The van der Waals surface area contributed by atoms with Crippen LogP contribution >= 0.6 is 23.4 Å². The Morgan fingerprint density at radius 1 is 1.47 bits per heavy atom. The maximum Gasteiger partial charge on any atom is 0.339 e. The maximum absolute atomic E-state index is 11.2. The monoisotopic (exact) mass is 298 g/mol. The van der Waals surface area contributed by atoms with E-state index < -0.39 is 11.1 Å². The molecule has 2 rings (SSSR count). The Morgan fingerprint density at radius 2 is 2.21 bits per heavy atom. The summed E-state index contributed by atoms with van der Waals surface area (Å²) in [5, 5.41) is 3.32. The summed E-state index contributed by atoms with van der Waals surface area (Å²) in [6.45, 7) is 0. The fraction of sp³-hybridized carbons (Fsp3) is 0.182. The van der Waals surface area contributed by atoms with Crippen molar-refractivity contribution in [3.05, 3.63) is 49.5 Å². The van der Waals surface area contributed by atoms with Gasteiger partial charge in [0, 0.05) is 12.8 Å². The molecule has 6 nitrogen and oxygen atoms in total. The second-order valence-corrected chi connectivity index (χ2v) is 5.19. The molecule has 0 bridgehead atoms. The summed E-state index contributed by atoms with van der Waals surface area (Å²) in [5.74, 6) is 0.563. The van der Waals surface area contributed by atoms with E-state index in [1.54, 1.807) is 19.2 Å². The minimum Gasteiger partial charge on any atom is -0.398 e. The Kier molecular flexibility index (Phi) is 3.96. The number of nitrogens with zero attached hydrogens (tertiary/aromatic N) is 2. The summed E-state index contributed by atoms with van der Waals surface area (Å²) in [5.41, 5.74) is 5.63. The van der Waals surface area contributed by atoms with Gasteiger partial charge in [0.15, 0.2) is 5.16 Å². The van der Waals surface area contributed by atoms with Gasteiger partial charge in [-0.05, 0) is 17.7 Å². The minimum absolute atomic E-state index is 0.429. The van der Waals surface area contributed by atoms with Crippen LogP contribution in [0, 0.1) is 0 Å². The number of thioether (sulfide) groups is 1. The summed E-state index contributed by atoms with van der Waals surface area (Å²) in [7, 11) is 1.62. The summed E-state index contributed by atoms with van der Waals surface area (Å²) in [6.07, 6.45) is 0.